The highest BCUT2D eigenvalue weighted by Crippen LogP contribution is 2.17. The Morgan fingerprint density at radius 2 is 2.10 bits per heavy atom. The number of hydrogen-bond donors (Lipinski definition) is 2. The molecule has 112 valence electrons. The van der Waals surface area contributed by atoms with E-state index in [1.165, 1.54) is 0 Å². The van der Waals surface area contributed by atoms with Crippen LogP contribution >= 0.6 is 0 Å². The van der Waals surface area contributed by atoms with Crippen LogP contribution < -0.4 is 5.32 Å². The van der Waals surface area contributed by atoms with Crippen LogP contribution in [0.1, 0.15) is 30.3 Å². The lowest BCUT2D eigenvalue weighted by Crippen LogP contribution is -2.30. The highest BCUT2D eigenvalue weighted by Gasteiger charge is 2.17. The number of carbonyl (C=O) groups is 2. The number of fused-ring (bicyclic) bond motifs is 1. The number of carbonyl (C=O) groups excluding carboxylic acids is 1. The number of hydrogen-bond acceptors (Lipinski definition) is 3. The molecule has 1 amide bonds. The van der Waals surface area contributed by atoms with Crippen LogP contribution in [0, 0.1) is 5.92 Å². The monoisotopic (exact) mass is 289 g/mol. The zero-order valence-corrected chi connectivity index (χ0v) is 12.2. The van der Waals surface area contributed by atoms with Crippen molar-refractivity contribution in [3.63, 3.8) is 0 Å². The smallest absolute Gasteiger partial charge is 0.303 e. The molecule has 0 aliphatic heterocycles. The van der Waals surface area contributed by atoms with Gasteiger partial charge in [0, 0.05) is 25.4 Å². The van der Waals surface area contributed by atoms with Crippen LogP contribution in [0.5, 0.6) is 0 Å². The van der Waals surface area contributed by atoms with Gasteiger partial charge < -0.3 is 10.4 Å². The quantitative estimate of drug-likeness (QED) is 0.849. The number of rotatable bonds is 6. The molecule has 1 heterocycles. The Hall–Kier alpha value is -2.37. The van der Waals surface area contributed by atoms with Crippen LogP contribution in [0.4, 0.5) is 0 Å². The summed E-state index contributed by atoms with van der Waals surface area (Å²) in [6.07, 6.45) is 0.759. The van der Waals surface area contributed by atoms with Crippen LogP contribution in [0.2, 0.25) is 0 Å². The fourth-order valence-corrected chi connectivity index (χ4v) is 2.31. The summed E-state index contributed by atoms with van der Waals surface area (Å²) in [7, 11) is 1.79. The SMILES string of the molecule is CCC(CNC(=O)c1nn(C)c2ccccc12)CC(=O)O. The summed E-state index contributed by atoms with van der Waals surface area (Å²) < 4.78 is 1.67. The van der Waals surface area contributed by atoms with Crippen molar-refractivity contribution < 1.29 is 14.7 Å². The Morgan fingerprint density at radius 3 is 2.76 bits per heavy atom. The summed E-state index contributed by atoms with van der Waals surface area (Å²) in [5.74, 6) is -1.18. The summed E-state index contributed by atoms with van der Waals surface area (Å²) in [5, 5.41) is 16.6. The first-order chi connectivity index (χ1) is 10.0. The van der Waals surface area contributed by atoms with E-state index < -0.39 is 5.97 Å². The third-order valence-electron chi connectivity index (χ3n) is 3.56. The molecule has 0 saturated carbocycles. The molecule has 1 atom stereocenters. The number of benzene rings is 1. The van der Waals surface area contributed by atoms with E-state index in [4.69, 9.17) is 5.11 Å². The van der Waals surface area contributed by atoms with Crippen molar-refractivity contribution in [1.29, 1.82) is 0 Å². The molecule has 0 saturated heterocycles. The van der Waals surface area contributed by atoms with Crippen molar-refractivity contribution in [3.8, 4) is 0 Å². The standard InChI is InChI=1S/C15H19N3O3/c1-3-10(8-13(19)20)9-16-15(21)14-11-6-4-5-7-12(11)18(2)17-14/h4-7,10H,3,8-9H2,1-2H3,(H,16,21)(H,19,20). The van der Waals surface area contributed by atoms with Gasteiger partial charge >= 0.3 is 5.97 Å². The number of carboxylic acid groups (broad SMARTS) is 1. The molecule has 1 aromatic heterocycles. The average molecular weight is 289 g/mol. The molecule has 1 unspecified atom stereocenters. The number of carboxylic acids is 1. The van der Waals surface area contributed by atoms with Crippen molar-refractivity contribution in [2.75, 3.05) is 6.54 Å². The highest BCUT2D eigenvalue weighted by molar-refractivity contribution is 6.04. The van der Waals surface area contributed by atoms with Crippen molar-refractivity contribution in [2.45, 2.75) is 19.8 Å². The van der Waals surface area contributed by atoms with E-state index in [0.29, 0.717) is 18.7 Å². The number of aliphatic carboxylic acids is 1. The van der Waals surface area contributed by atoms with Gasteiger partial charge in [0.2, 0.25) is 0 Å². The molecule has 6 nitrogen and oxygen atoms in total. The fourth-order valence-electron chi connectivity index (χ4n) is 2.31. The molecule has 0 fully saturated rings. The van der Waals surface area contributed by atoms with Crippen molar-refractivity contribution >= 4 is 22.8 Å². The minimum absolute atomic E-state index is 0.0553. The Balaban J connectivity index is 2.10. The number of nitrogens with one attached hydrogen (secondary N) is 1. The molecule has 2 aromatic rings. The first-order valence-electron chi connectivity index (χ1n) is 6.94. The Kier molecular flexibility index (Phi) is 4.57. The van der Waals surface area contributed by atoms with E-state index in [1.54, 1.807) is 11.7 Å². The first-order valence-corrected chi connectivity index (χ1v) is 6.94. The van der Waals surface area contributed by atoms with Gasteiger partial charge in [0.25, 0.3) is 5.91 Å². The third-order valence-corrected chi connectivity index (χ3v) is 3.56. The molecule has 0 spiro atoms. The lowest BCUT2D eigenvalue weighted by molar-refractivity contribution is -0.138. The van der Waals surface area contributed by atoms with Crippen molar-refractivity contribution in [2.24, 2.45) is 13.0 Å². The molecule has 1 aromatic carbocycles. The minimum atomic E-state index is -0.848. The minimum Gasteiger partial charge on any atom is -0.481 e. The molecule has 0 bridgehead atoms. The molecule has 0 aliphatic rings. The summed E-state index contributed by atoms with van der Waals surface area (Å²) >= 11 is 0. The number of aryl methyl sites for hydroxylation is 1. The third kappa shape index (κ3) is 3.39. The van der Waals surface area contributed by atoms with Crippen molar-refractivity contribution in [3.05, 3.63) is 30.0 Å². The summed E-state index contributed by atoms with van der Waals surface area (Å²) in [6, 6.07) is 7.51. The average Bonchev–Trinajstić information content (AvgIpc) is 2.80. The van der Waals surface area contributed by atoms with E-state index in [9.17, 15) is 9.59 Å². The van der Waals surface area contributed by atoms with Gasteiger partial charge in [-0.25, -0.2) is 0 Å². The van der Waals surface area contributed by atoms with Gasteiger partial charge in [0.1, 0.15) is 0 Å². The number of para-hydroxylation sites is 1. The maximum absolute atomic E-state index is 12.2. The lowest BCUT2D eigenvalue weighted by atomic mass is 10.0. The molecular formula is C15H19N3O3. The van der Waals surface area contributed by atoms with Crippen LogP contribution in [-0.4, -0.2) is 33.3 Å². The molecular weight excluding hydrogens is 270 g/mol. The predicted molar refractivity (Wildman–Crippen MR) is 79.1 cm³/mol. The molecule has 0 aliphatic carbocycles. The molecule has 6 heteroatoms. The second-order valence-corrected chi connectivity index (χ2v) is 5.07. The maximum atomic E-state index is 12.2. The van der Waals surface area contributed by atoms with Gasteiger partial charge in [-0.3, -0.25) is 14.3 Å². The normalized spacial score (nSPS) is 12.3. The highest BCUT2D eigenvalue weighted by atomic mass is 16.4. The maximum Gasteiger partial charge on any atom is 0.303 e. The second kappa shape index (κ2) is 6.39. The van der Waals surface area contributed by atoms with Crippen LogP contribution in [-0.2, 0) is 11.8 Å². The number of nitrogens with zero attached hydrogens (tertiary/aromatic N) is 2. The van der Waals surface area contributed by atoms with Crippen molar-refractivity contribution in [1.82, 2.24) is 15.1 Å². The van der Waals surface area contributed by atoms with E-state index in [2.05, 4.69) is 10.4 Å². The largest absolute Gasteiger partial charge is 0.481 e. The van der Waals surface area contributed by atoms with E-state index >= 15 is 0 Å². The first kappa shape index (κ1) is 15.0. The Labute approximate surface area is 122 Å². The zero-order chi connectivity index (χ0) is 15.4. The van der Waals surface area contributed by atoms with Gasteiger partial charge in [-0.1, -0.05) is 31.5 Å². The topological polar surface area (TPSA) is 84.2 Å². The van der Waals surface area contributed by atoms with E-state index in [0.717, 1.165) is 10.9 Å². The van der Waals surface area contributed by atoms with Gasteiger partial charge in [-0.05, 0) is 12.0 Å². The van der Waals surface area contributed by atoms with Crippen LogP contribution in [0.15, 0.2) is 24.3 Å². The van der Waals surface area contributed by atoms with Gasteiger partial charge in [-0.2, -0.15) is 5.10 Å². The van der Waals surface area contributed by atoms with E-state index in [1.807, 2.05) is 31.2 Å². The molecule has 2 rings (SSSR count). The molecule has 2 N–H and O–H groups in total. The number of aromatic nitrogens is 2. The lowest BCUT2D eigenvalue weighted by Gasteiger charge is -2.12. The van der Waals surface area contributed by atoms with Crippen LogP contribution in [0.25, 0.3) is 10.9 Å². The summed E-state index contributed by atoms with van der Waals surface area (Å²) in [6.45, 7) is 2.25. The summed E-state index contributed by atoms with van der Waals surface area (Å²) in [5.41, 5.74) is 1.26. The molecule has 21 heavy (non-hydrogen) atoms. The zero-order valence-electron chi connectivity index (χ0n) is 12.2. The van der Waals surface area contributed by atoms with Gasteiger partial charge in [0.15, 0.2) is 5.69 Å². The van der Waals surface area contributed by atoms with Crippen LogP contribution in [0.3, 0.4) is 0 Å². The number of amides is 1. The van der Waals surface area contributed by atoms with Gasteiger partial charge in [-0.15, -0.1) is 0 Å². The Morgan fingerprint density at radius 1 is 1.38 bits per heavy atom. The molecule has 0 radical (unpaired) electrons. The van der Waals surface area contributed by atoms with E-state index in [-0.39, 0.29) is 18.2 Å². The summed E-state index contributed by atoms with van der Waals surface area (Å²) in [4.78, 5) is 23.0. The second-order valence-electron chi connectivity index (χ2n) is 5.07. The Bertz CT molecular complexity index is 663. The van der Waals surface area contributed by atoms with Gasteiger partial charge in [0.05, 0.1) is 5.52 Å². The predicted octanol–water partition coefficient (Wildman–Crippen LogP) is 1.80. The fraction of sp³-hybridized carbons (Fsp3) is 0.400.